The summed E-state index contributed by atoms with van der Waals surface area (Å²) in [5.74, 6) is -3.86. The normalized spacial score (nSPS) is 17.7. The van der Waals surface area contributed by atoms with Gasteiger partial charge in [-0.15, -0.1) is 0 Å². The van der Waals surface area contributed by atoms with E-state index in [4.69, 9.17) is 4.74 Å². The molecular weight excluding hydrogens is 300 g/mol. The Bertz CT molecular complexity index is 724. The number of allylic oxidation sites excluding steroid dienone is 3. The zero-order chi connectivity index (χ0) is 17.0. The monoisotopic (exact) mass is 314 g/mol. The van der Waals surface area contributed by atoms with Crippen molar-refractivity contribution in [3.05, 3.63) is 53.3 Å². The van der Waals surface area contributed by atoms with Crippen molar-refractivity contribution in [1.82, 2.24) is 0 Å². The Kier molecular flexibility index (Phi) is 4.85. The quantitative estimate of drug-likeness (QED) is 0.477. The van der Waals surface area contributed by atoms with E-state index < -0.39 is 29.4 Å². The van der Waals surface area contributed by atoms with Crippen LogP contribution in [0.5, 0.6) is 0 Å². The number of ketones is 2. The van der Waals surface area contributed by atoms with Gasteiger partial charge in [0.2, 0.25) is 0 Å². The molecule has 0 aliphatic carbocycles. The number of carbonyl (C=O) groups excluding carboxylic acids is 4. The molecule has 0 N–H and O–H groups in total. The molecule has 1 aromatic rings. The van der Waals surface area contributed by atoms with Gasteiger partial charge < -0.3 is 9.47 Å². The molecule has 0 aromatic heterocycles. The van der Waals surface area contributed by atoms with E-state index in [1.807, 2.05) is 0 Å². The second-order valence-corrected chi connectivity index (χ2v) is 4.86. The fourth-order valence-corrected chi connectivity index (χ4v) is 2.03. The molecule has 0 bridgehead atoms. The first kappa shape index (κ1) is 16.4. The Morgan fingerprint density at radius 2 is 1.83 bits per heavy atom. The Morgan fingerprint density at radius 1 is 1.17 bits per heavy atom. The summed E-state index contributed by atoms with van der Waals surface area (Å²) in [6.07, 6.45) is 3.73. The SMILES string of the molecule is COC(=O)c1ccc(/C=C/C(=O)[C@@H]2C(=O)C=C(C)OC2=O)cc1. The highest BCUT2D eigenvalue weighted by atomic mass is 16.5. The maximum atomic E-state index is 12.0. The number of methoxy groups -OCH3 is 1. The van der Waals surface area contributed by atoms with Crippen LogP contribution in [-0.4, -0.2) is 30.6 Å². The molecule has 23 heavy (non-hydrogen) atoms. The zero-order valence-electron chi connectivity index (χ0n) is 12.6. The molecule has 0 spiro atoms. The van der Waals surface area contributed by atoms with Crippen LogP contribution in [0.3, 0.4) is 0 Å². The van der Waals surface area contributed by atoms with Crippen molar-refractivity contribution >= 4 is 29.6 Å². The van der Waals surface area contributed by atoms with Gasteiger partial charge in [-0.05, 0) is 30.7 Å². The summed E-state index contributed by atoms with van der Waals surface area (Å²) >= 11 is 0. The Morgan fingerprint density at radius 3 is 2.39 bits per heavy atom. The van der Waals surface area contributed by atoms with Crippen LogP contribution in [0.25, 0.3) is 6.08 Å². The molecule has 1 heterocycles. The summed E-state index contributed by atoms with van der Waals surface area (Å²) in [5.41, 5.74) is 1.01. The van der Waals surface area contributed by atoms with Gasteiger partial charge in [0.05, 0.1) is 12.7 Å². The standard InChI is InChI=1S/C17H14O6/c1-10-9-14(19)15(17(21)23-10)13(18)8-5-11-3-6-12(7-4-11)16(20)22-2/h3-9,15H,1-2H3/b8-5+/t15-/m1/s1. The van der Waals surface area contributed by atoms with E-state index in [-0.39, 0.29) is 5.76 Å². The minimum Gasteiger partial charge on any atom is -0.465 e. The average molecular weight is 314 g/mol. The zero-order valence-corrected chi connectivity index (χ0v) is 12.6. The topological polar surface area (TPSA) is 86.7 Å². The molecular formula is C17H14O6. The molecule has 1 atom stereocenters. The number of ether oxygens (including phenoxy) is 2. The molecule has 0 radical (unpaired) electrons. The molecule has 6 heteroatoms. The van der Waals surface area contributed by atoms with Gasteiger partial charge in [-0.1, -0.05) is 18.2 Å². The minimum absolute atomic E-state index is 0.173. The van der Waals surface area contributed by atoms with Crippen molar-refractivity contribution in [2.45, 2.75) is 6.92 Å². The van der Waals surface area contributed by atoms with E-state index in [1.165, 1.54) is 20.1 Å². The van der Waals surface area contributed by atoms with Crippen LogP contribution >= 0.6 is 0 Å². The molecule has 118 valence electrons. The summed E-state index contributed by atoms with van der Waals surface area (Å²) < 4.78 is 9.37. The Labute approximate surface area is 132 Å². The van der Waals surface area contributed by atoms with Crippen LogP contribution < -0.4 is 0 Å². The highest BCUT2D eigenvalue weighted by molar-refractivity contribution is 6.25. The lowest BCUT2D eigenvalue weighted by molar-refractivity contribution is -0.151. The van der Waals surface area contributed by atoms with Crippen LogP contribution in [0.2, 0.25) is 0 Å². The minimum atomic E-state index is -1.45. The Hall–Kier alpha value is -3.02. The number of hydrogen-bond acceptors (Lipinski definition) is 6. The number of cyclic esters (lactones) is 1. The van der Waals surface area contributed by atoms with E-state index in [9.17, 15) is 19.2 Å². The van der Waals surface area contributed by atoms with E-state index in [1.54, 1.807) is 24.3 Å². The summed E-state index contributed by atoms with van der Waals surface area (Å²) in [4.78, 5) is 46.7. The molecule has 2 rings (SSSR count). The van der Waals surface area contributed by atoms with Gasteiger partial charge >= 0.3 is 11.9 Å². The maximum absolute atomic E-state index is 12.0. The van der Waals surface area contributed by atoms with Crippen molar-refractivity contribution in [1.29, 1.82) is 0 Å². The van der Waals surface area contributed by atoms with Crippen LogP contribution in [0.4, 0.5) is 0 Å². The van der Waals surface area contributed by atoms with E-state index in [2.05, 4.69) is 4.74 Å². The van der Waals surface area contributed by atoms with Gasteiger partial charge in [0, 0.05) is 6.08 Å². The first-order valence-corrected chi connectivity index (χ1v) is 6.76. The third kappa shape index (κ3) is 3.79. The predicted octanol–water partition coefficient (Wildman–Crippen LogP) is 1.70. The van der Waals surface area contributed by atoms with Crippen molar-refractivity contribution in [2.75, 3.05) is 7.11 Å². The lowest BCUT2D eigenvalue weighted by Crippen LogP contribution is -2.34. The van der Waals surface area contributed by atoms with Gasteiger partial charge in [-0.3, -0.25) is 14.4 Å². The molecule has 6 nitrogen and oxygen atoms in total. The van der Waals surface area contributed by atoms with E-state index >= 15 is 0 Å². The fourth-order valence-electron chi connectivity index (χ4n) is 2.03. The third-order valence-corrected chi connectivity index (χ3v) is 3.18. The summed E-state index contributed by atoms with van der Waals surface area (Å²) in [6.45, 7) is 1.47. The molecule has 0 fully saturated rings. The molecule has 0 unspecified atom stereocenters. The summed E-state index contributed by atoms with van der Waals surface area (Å²) in [5, 5.41) is 0. The summed E-state index contributed by atoms with van der Waals surface area (Å²) in [7, 11) is 1.28. The van der Waals surface area contributed by atoms with Crippen LogP contribution in [-0.2, 0) is 23.9 Å². The van der Waals surface area contributed by atoms with Crippen LogP contribution in [0, 0.1) is 5.92 Å². The second kappa shape index (κ2) is 6.83. The fraction of sp³-hybridized carbons (Fsp3) is 0.176. The van der Waals surface area contributed by atoms with Gasteiger partial charge in [0.1, 0.15) is 5.76 Å². The molecule has 0 saturated heterocycles. The van der Waals surface area contributed by atoms with Crippen molar-refractivity contribution in [2.24, 2.45) is 5.92 Å². The molecule has 1 aliphatic heterocycles. The predicted molar refractivity (Wildman–Crippen MR) is 80.2 cm³/mol. The van der Waals surface area contributed by atoms with Gasteiger partial charge in [0.15, 0.2) is 17.5 Å². The van der Waals surface area contributed by atoms with E-state index in [0.717, 1.165) is 12.2 Å². The smallest absolute Gasteiger partial charge is 0.337 e. The van der Waals surface area contributed by atoms with Gasteiger partial charge in [-0.25, -0.2) is 4.79 Å². The van der Waals surface area contributed by atoms with E-state index in [0.29, 0.717) is 11.1 Å². The number of esters is 2. The summed E-state index contributed by atoms with van der Waals surface area (Å²) in [6, 6.07) is 6.31. The largest absolute Gasteiger partial charge is 0.465 e. The highest BCUT2D eigenvalue weighted by Gasteiger charge is 2.36. The van der Waals surface area contributed by atoms with Crippen molar-refractivity contribution in [3.8, 4) is 0 Å². The number of carbonyl (C=O) groups is 4. The van der Waals surface area contributed by atoms with Crippen LogP contribution in [0.15, 0.2) is 42.2 Å². The van der Waals surface area contributed by atoms with Gasteiger partial charge in [0.25, 0.3) is 0 Å². The highest BCUT2D eigenvalue weighted by Crippen LogP contribution is 2.17. The third-order valence-electron chi connectivity index (χ3n) is 3.18. The number of rotatable bonds is 4. The average Bonchev–Trinajstić information content (AvgIpc) is 2.51. The molecule has 0 amide bonds. The number of hydrogen-bond donors (Lipinski definition) is 0. The van der Waals surface area contributed by atoms with Gasteiger partial charge in [-0.2, -0.15) is 0 Å². The molecule has 0 saturated carbocycles. The molecule has 1 aromatic carbocycles. The van der Waals surface area contributed by atoms with Crippen molar-refractivity contribution in [3.63, 3.8) is 0 Å². The lowest BCUT2D eigenvalue weighted by atomic mass is 9.96. The first-order valence-electron chi connectivity index (χ1n) is 6.76. The molecule has 1 aliphatic rings. The van der Waals surface area contributed by atoms with Crippen LogP contribution in [0.1, 0.15) is 22.8 Å². The number of benzene rings is 1. The lowest BCUT2D eigenvalue weighted by Gasteiger charge is -2.15. The van der Waals surface area contributed by atoms with Crippen molar-refractivity contribution < 1.29 is 28.7 Å². The Balaban J connectivity index is 2.11. The maximum Gasteiger partial charge on any atom is 0.337 e. The second-order valence-electron chi connectivity index (χ2n) is 4.86. The first-order chi connectivity index (χ1) is 10.9.